The molecule has 3 rings (SSSR count). The van der Waals surface area contributed by atoms with E-state index in [2.05, 4.69) is 5.32 Å². The predicted molar refractivity (Wildman–Crippen MR) is 88.5 cm³/mol. The van der Waals surface area contributed by atoms with Gasteiger partial charge in [-0.2, -0.15) is 0 Å². The molecule has 5 nitrogen and oxygen atoms in total. The van der Waals surface area contributed by atoms with Crippen molar-refractivity contribution < 1.29 is 9.21 Å². The van der Waals surface area contributed by atoms with E-state index in [1.54, 1.807) is 18.2 Å². The maximum absolute atomic E-state index is 12.2. The summed E-state index contributed by atoms with van der Waals surface area (Å²) in [5.74, 6) is -0.851. The molecular weight excluding hydrogens is 316 g/mol. The molecule has 118 valence electrons. The quantitative estimate of drug-likeness (QED) is 0.799. The fourth-order valence-corrected chi connectivity index (χ4v) is 2.61. The Morgan fingerprint density at radius 2 is 2.00 bits per heavy atom. The third-order valence-electron chi connectivity index (χ3n) is 3.61. The molecule has 2 aromatic carbocycles. The topological polar surface area (TPSA) is 64.2 Å². The van der Waals surface area contributed by atoms with Crippen LogP contribution in [0.15, 0.2) is 57.7 Å². The number of nitrogens with one attached hydrogen (secondary N) is 1. The van der Waals surface area contributed by atoms with Crippen molar-refractivity contribution in [3.05, 3.63) is 69.7 Å². The highest BCUT2D eigenvalue weighted by atomic mass is 35.5. The predicted octanol–water partition coefficient (Wildman–Crippen LogP) is 3.13. The van der Waals surface area contributed by atoms with Crippen LogP contribution in [0.1, 0.15) is 18.5 Å². The van der Waals surface area contributed by atoms with Crippen molar-refractivity contribution in [3.63, 3.8) is 0 Å². The Kier molecular flexibility index (Phi) is 4.21. The number of oxazole rings is 1. The lowest BCUT2D eigenvalue weighted by atomic mass is 10.1. The maximum atomic E-state index is 12.2. The number of hydrogen-bond donors (Lipinski definition) is 1. The van der Waals surface area contributed by atoms with E-state index in [1.165, 1.54) is 4.57 Å². The third kappa shape index (κ3) is 3.29. The Bertz CT molecular complexity index is 899. The van der Waals surface area contributed by atoms with E-state index in [0.29, 0.717) is 16.1 Å². The van der Waals surface area contributed by atoms with Gasteiger partial charge >= 0.3 is 5.76 Å². The second-order valence-corrected chi connectivity index (χ2v) is 5.70. The van der Waals surface area contributed by atoms with Gasteiger partial charge in [0.15, 0.2) is 5.58 Å². The number of fused-ring (bicyclic) bond motifs is 1. The summed E-state index contributed by atoms with van der Waals surface area (Å²) in [4.78, 5) is 24.1. The summed E-state index contributed by atoms with van der Waals surface area (Å²) in [6.45, 7) is 1.77. The minimum Gasteiger partial charge on any atom is -0.408 e. The number of halogens is 1. The highest BCUT2D eigenvalue weighted by Gasteiger charge is 2.15. The Hall–Kier alpha value is -2.53. The van der Waals surface area contributed by atoms with Crippen molar-refractivity contribution in [3.8, 4) is 0 Å². The van der Waals surface area contributed by atoms with Crippen LogP contribution in [0.4, 0.5) is 0 Å². The van der Waals surface area contributed by atoms with Crippen LogP contribution in [0.2, 0.25) is 5.02 Å². The molecule has 6 heteroatoms. The molecule has 0 aliphatic heterocycles. The van der Waals surface area contributed by atoms with Gasteiger partial charge in [0.05, 0.1) is 11.6 Å². The first-order valence-electron chi connectivity index (χ1n) is 7.18. The highest BCUT2D eigenvalue weighted by molar-refractivity contribution is 6.31. The second kappa shape index (κ2) is 6.30. The fourth-order valence-electron chi connectivity index (χ4n) is 2.44. The Morgan fingerprint density at radius 3 is 2.74 bits per heavy atom. The number of aromatic nitrogens is 1. The molecule has 3 aromatic rings. The van der Waals surface area contributed by atoms with Gasteiger partial charge in [0, 0.05) is 5.02 Å². The Morgan fingerprint density at radius 1 is 1.26 bits per heavy atom. The molecule has 0 aliphatic rings. The van der Waals surface area contributed by atoms with E-state index in [0.717, 1.165) is 5.56 Å². The first kappa shape index (κ1) is 15.4. The lowest BCUT2D eigenvalue weighted by Gasteiger charge is -2.14. The molecule has 0 spiro atoms. The molecule has 0 bridgehead atoms. The summed E-state index contributed by atoms with van der Waals surface area (Å²) in [5.41, 5.74) is 1.90. The minimum atomic E-state index is -0.579. The fraction of sp³-hybridized carbons (Fsp3) is 0.176. The van der Waals surface area contributed by atoms with Crippen molar-refractivity contribution in [2.24, 2.45) is 0 Å². The molecule has 1 heterocycles. The van der Waals surface area contributed by atoms with Crippen LogP contribution < -0.4 is 11.1 Å². The highest BCUT2D eigenvalue weighted by Crippen LogP contribution is 2.18. The van der Waals surface area contributed by atoms with Gasteiger partial charge in [-0.3, -0.25) is 9.36 Å². The van der Waals surface area contributed by atoms with E-state index in [1.807, 2.05) is 37.3 Å². The normalized spacial score (nSPS) is 12.3. The van der Waals surface area contributed by atoms with Crippen molar-refractivity contribution >= 4 is 28.6 Å². The van der Waals surface area contributed by atoms with Gasteiger partial charge in [-0.1, -0.05) is 41.9 Å². The third-order valence-corrected chi connectivity index (χ3v) is 3.84. The number of rotatable bonds is 4. The molecular formula is C17H15ClN2O3. The molecule has 0 unspecified atom stereocenters. The number of carbonyl (C=O) groups excluding carboxylic acids is 1. The van der Waals surface area contributed by atoms with Crippen LogP contribution in [0, 0.1) is 0 Å². The van der Waals surface area contributed by atoms with E-state index in [9.17, 15) is 9.59 Å². The number of carbonyl (C=O) groups is 1. The lowest BCUT2D eigenvalue weighted by Crippen LogP contribution is -2.32. The number of amides is 1. The summed E-state index contributed by atoms with van der Waals surface area (Å²) >= 11 is 5.94. The minimum absolute atomic E-state index is 0.122. The average Bonchev–Trinajstić information content (AvgIpc) is 2.84. The summed E-state index contributed by atoms with van der Waals surface area (Å²) in [6.07, 6.45) is 0. The van der Waals surface area contributed by atoms with Crippen molar-refractivity contribution in [1.29, 1.82) is 0 Å². The number of benzene rings is 2. The smallest absolute Gasteiger partial charge is 0.408 e. The SMILES string of the molecule is C[C@@H](NC(=O)Cn1c(=O)oc2ccc(Cl)cc21)c1ccccc1. The van der Waals surface area contributed by atoms with E-state index < -0.39 is 5.76 Å². The molecule has 0 saturated heterocycles. The van der Waals surface area contributed by atoms with Gasteiger partial charge in [-0.05, 0) is 30.7 Å². The molecule has 0 fully saturated rings. The van der Waals surface area contributed by atoms with Crippen molar-refractivity contribution in [2.45, 2.75) is 19.5 Å². The Balaban J connectivity index is 1.79. The van der Waals surface area contributed by atoms with Crippen molar-refractivity contribution in [2.75, 3.05) is 0 Å². The zero-order valence-corrected chi connectivity index (χ0v) is 13.2. The van der Waals surface area contributed by atoms with Gasteiger partial charge in [0.2, 0.25) is 5.91 Å². The molecule has 0 saturated carbocycles. The summed E-state index contributed by atoms with van der Waals surface area (Å²) < 4.78 is 6.39. The molecule has 1 atom stereocenters. The molecule has 0 aliphatic carbocycles. The van der Waals surface area contributed by atoms with Crippen LogP contribution >= 0.6 is 11.6 Å². The van der Waals surface area contributed by atoms with Crippen LogP contribution in [0.25, 0.3) is 11.1 Å². The second-order valence-electron chi connectivity index (χ2n) is 5.27. The van der Waals surface area contributed by atoms with Crippen LogP contribution in [0.5, 0.6) is 0 Å². The van der Waals surface area contributed by atoms with Gasteiger partial charge in [0.25, 0.3) is 0 Å². The first-order valence-corrected chi connectivity index (χ1v) is 7.55. The number of nitrogens with zero attached hydrogens (tertiary/aromatic N) is 1. The molecule has 1 aromatic heterocycles. The van der Waals surface area contributed by atoms with E-state index in [4.69, 9.17) is 16.0 Å². The molecule has 0 radical (unpaired) electrons. The maximum Gasteiger partial charge on any atom is 0.420 e. The lowest BCUT2D eigenvalue weighted by molar-refractivity contribution is -0.122. The first-order chi connectivity index (χ1) is 11.0. The molecule has 1 amide bonds. The molecule has 23 heavy (non-hydrogen) atoms. The standard InChI is InChI=1S/C17H15ClN2O3/c1-11(12-5-3-2-4-6-12)19-16(21)10-20-14-9-13(18)7-8-15(14)23-17(20)22/h2-9,11H,10H2,1H3,(H,19,21)/t11-/m1/s1. The summed E-state index contributed by atoms with van der Waals surface area (Å²) in [5, 5.41) is 3.34. The van der Waals surface area contributed by atoms with Crippen LogP contribution in [-0.4, -0.2) is 10.5 Å². The Labute approximate surface area is 137 Å². The van der Waals surface area contributed by atoms with E-state index >= 15 is 0 Å². The van der Waals surface area contributed by atoms with Crippen molar-refractivity contribution in [1.82, 2.24) is 9.88 Å². The van der Waals surface area contributed by atoms with Gasteiger partial charge < -0.3 is 9.73 Å². The van der Waals surface area contributed by atoms with Gasteiger partial charge in [0.1, 0.15) is 6.54 Å². The zero-order chi connectivity index (χ0) is 16.4. The summed E-state index contributed by atoms with van der Waals surface area (Å²) in [6, 6.07) is 14.3. The van der Waals surface area contributed by atoms with Crippen LogP contribution in [0.3, 0.4) is 0 Å². The van der Waals surface area contributed by atoms with Crippen LogP contribution in [-0.2, 0) is 11.3 Å². The monoisotopic (exact) mass is 330 g/mol. The zero-order valence-electron chi connectivity index (χ0n) is 12.5. The van der Waals surface area contributed by atoms with E-state index in [-0.39, 0.29) is 18.5 Å². The average molecular weight is 331 g/mol. The summed E-state index contributed by atoms with van der Waals surface area (Å²) in [7, 11) is 0. The number of hydrogen-bond acceptors (Lipinski definition) is 3. The van der Waals surface area contributed by atoms with Gasteiger partial charge in [-0.25, -0.2) is 4.79 Å². The van der Waals surface area contributed by atoms with Gasteiger partial charge in [-0.15, -0.1) is 0 Å². The largest absolute Gasteiger partial charge is 0.420 e. The molecule has 1 N–H and O–H groups in total.